The number of H-pyrrole nitrogens is 1. The molecule has 8 heteroatoms. The number of hydrogen-bond donors (Lipinski definition) is 3. The number of aromatic amines is 1. The second kappa shape index (κ2) is 6.46. The normalized spacial score (nSPS) is 23.9. The van der Waals surface area contributed by atoms with Gasteiger partial charge in [0, 0.05) is 11.3 Å². The quantitative estimate of drug-likeness (QED) is 0.757. The molecule has 1 heterocycles. The van der Waals surface area contributed by atoms with Crippen molar-refractivity contribution in [2.75, 3.05) is 6.26 Å². The summed E-state index contributed by atoms with van der Waals surface area (Å²) in [6.07, 6.45) is 5.88. The minimum Gasteiger partial charge on any atom is -0.390 e. The van der Waals surface area contributed by atoms with Gasteiger partial charge in [0.1, 0.15) is 10.6 Å². The number of hydrogen-bond acceptors (Lipinski definition) is 5. The van der Waals surface area contributed by atoms with Crippen LogP contribution in [-0.2, 0) is 16.6 Å². The molecule has 1 aromatic rings. The fourth-order valence-corrected chi connectivity index (χ4v) is 5.03. The van der Waals surface area contributed by atoms with E-state index in [1.54, 1.807) is 6.92 Å². The molecular weight excluding hydrogens is 298 g/mol. The Morgan fingerprint density at radius 2 is 2.05 bits per heavy atom. The van der Waals surface area contributed by atoms with Gasteiger partial charge in [-0.25, -0.2) is 13.1 Å². The molecule has 6 nitrogen and oxygen atoms in total. The lowest BCUT2D eigenvalue weighted by Gasteiger charge is -2.27. The number of aliphatic hydroxyl groups is 1. The van der Waals surface area contributed by atoms with Gasteiger partial charge in [-0.1, -0.05) is 0 Å². The Labute approximate surface area is 123 Å². The van der Waals surface area contributed by atoms with Crippen molar-refractivity contribution < 1.29 is 13.5 Å². The number of aliphatic hydroxyl groups excluding tert-OH is 1. The number of aromatic nitrogens is 2. The predicted molar refractivity (Wildman–Crippen MR) is 79.1 cm³/mol. The van der Waals surface area contributed by atoms with Gasteiger partial charge in [-0.05, 0) is 38.9 Å². The first-order valence-electron chi connectivity index (χ1n) is 6.67. The number of sulfonamides is 1. The predicted octanol–water partition coefficient (Wildman–Crippen LogP) is 1.16. The van der Waals surface area contributed by atoms with E-state index in [4.69, 9.17) is 0 Å². The zero-order valence-electron chi connectivity index (χ0n) is 11.7. The standard InChI is InChI=1S/C12H21N3O3S2/c1-8-12(11(7-16)14-13-8)20(17,18)15-9-3-5-10(19-2)6-4-9/h9-10,15-16H,3-7H2,1-2H3,(H,13,14). The van der Waals surface area contributed by atoms with Crippen molar-refractivity contribution in [3.63, 3.8) is 0 Å². The summed E-state index contributed by atoms with van der Waals surface area (Å²) in [7, 11) is -3.62. The summed E-state index contributed by atoms with van der Waals surface area (Å²) >= 11 is 1.85. The lowest BCUT2D eigenvalue weighted by molar-refractivity contribution is 0.273. The molecule has 20 heavy (non-hydrogen) atoms. The van der Waals surface area contributed by atoms with E-state index < -0.39 is 10.0 Å². The first-order valence-corrected chi connectivity index (χ1v) is 9.45. The average Bonchev–Trinajstić information content (AvgIpc) is 2.81. The van der Waals surface area contributed by atoms with Crippen LogP contribution in [0.1, 0.15) is 37.1 Å². The fourth-order valence-electron chi connectivity index (χ4n) is 2.63. The third kappa shape index (κ3) is 3.36. The van der Waals surface area contributed by atoms with Crippen molar-refractivity contribution in [3.05, 3.63) is 11.4 Å². The highest BCUT2D eigenvalue weighted by Gasteiger charge is 2.29. The van der Waals surface area contributed by atoms with Gasteiger partial charge < -0.3 is 5.11 Å². The molecule has 0 unspecified atom stereocenters. The molecule has 114 valence electrons. The summed E-state index contributed by atoms with van der Waals surface area (Å²) in [6.45, 7) is 1.26. The number of rotatable bonds is 5. The van der Waals surface area contributed by atoms with Crippen molar-refractivity contribution in [2.45, 2.75) is 55.4 Å². The van der Waals surface area contributed by atoms with E-state index in [-0.39, 0.29) is 23.2 Å². The van der Waals surface area contributed by atoms with E-state index in [2.05, 4.69) is 21.2 Å². The van der Waals surface area contributed by atoms with E-state index in [9.17, 15) is 13.5 Å². The Balaban J connectivity index is 2.10. The molecule has 0 saturated heterocycles. The molecule has 0 spiro atoms. The molecular formula is C12H21N3O3S2. The van der Waals surface area contributed by atoms with Crippen molar-refractivity contribution in [2.24, 2.45) is 0 Å². The van der Waals surface area contributed by atoms with Gasteiger partial charge in [0.2, 0.25) is 10.0 Å². The third-order valence-electron chi connectivity index (χ3n) is 3.71. The largest absolute Gasteiger partial charge is 0.390 e. The van der Waals surface area contributed by atoms with Crippen LogP contribution in [0, 0.1) is 6.92 Å². The summed E-state index contributed by atoms with van der Waals surface area (Å²) in [5.41, 5.74) is 0.632. The molecule has 2 rings (SSSR count). The summed E-state index contributed by atoms with van der Waals surface area (Å²) in [5, 5.41) is 16.3. The topological polar surface area (TPSA) is 95.1 Å². The van der Waals surface area contributed by atoms with E-state index >= 15 is 0 Å². The van der Waals surface area contributed by atoms with Gasteiger partial charge in [-0.2, -0.15) is 16.9 Å². The van der Waals surface area contributed by atoms with Crippen molar-refractivity contribution >= 4 is 21.8 Å². The first-order chi connectivity index (χ1) is 9.47. The molecule has 1 aromatic heterocycles. The zero-order chi connectivity index (χ0) is 14.8. The Morgan fingerprint density at radius 3 is 2.60 bits per heavy atom. The van der Waals surface area contributed by atoms with Crippen LogP contribution in [0.3, 0.4) is 0 Å². The molecule has 0 aromatic carbocycles. The molecule has 3 N–H and O–H groups in total. The fraction of sp³-hybridized carbons (Fsp3) is 0.750. The lowest BCUT2D eigenvalue weighted by Crippen LogP contribution is -2.38. The molecule has 1 aliphatic carbocycles. The number of aryl methyl sites for hydroxylation is 1. The second-order valence-electron chi connectivity index (χ2n) is 5.11. The third-order valence-corrected chi connectivity index (χ3v) is 6.57. The molecule has 0 atom stereocenters. The van der Waals surface area contributed by atoms with Crippen LogP contribution < -0.4 is 4.72 Å². The van der Waals surface area contributed by atoms with Crippen LogP contribution in [0.15, 0.2) is 4.90 Å². The highest BCUT2D eigenvalue weighted by Crippen LogP contribution is 2.28. The average molecular weight is 319 g/mol. The van der Waals surface area contributed by atoms with Crippen LogP contribution in [0.25, 0.3) is 0 Å². The Kier molecular flexibility index (Phi) is 5.11. The number of nitrogens with one attached hydrogen (secondary N) is 2. The van der Waals surface area contributed by atoms with Crippen molar-refractivity contribution in [1.29, 1.82) is 0 Å². The van der Waals surface area contributed by atoms with Crippen LogP contribution in [0.5, 0.6) is 0 Å². The smallest absolute Gasteiger partial charge is 0.244 e. The van der Waals surface area contributed by atoms with Crippen LogP contribution in [0.4, 0.5) is 0 Å². The summed E-state index contributed by atoms with van der Waals surface area (Å²) in [5.74, 6) is 0. The molecule has 1 fully saturated rings. The van der Waals surface area contributed by atoms with Gasteiger partial charge >= 0.3 is 0 Å². The van der Waals surface area contributed by atoms with E-state index in [1.807, 2.05) is 11.8 Å². The summed E-state index contributed by atoms with van der Waals surface area (Å²) in [4.78, 5) is 0.0898. The van der Waals surface area contributed by atoms with E-state index in [1.165, 1.54) is 0 Å². The first kappa shape index (κ1) is 15.8. The Hall–Kier alpha value is -0.570. The van der Waals surface area contributed by atoms with Crippen LogP contribution >= 0.6 is 11.8 Å². The molecule has 1 saturated carbocycles. The van der Waals surface area contributed by atoms with Gasteiger partial charge in [0.15, 0.2) is 0 Å². The minimum absolute atomic E-state index is 0.0238. The zero-order valence-corrected chi connectivity index (χ0v) is 13.4. The maximum atomic E-state index is 12.4. The van der Waals surface area contributed by atoms with Gasteiger partial charge in [-0.3, -0.25) is 5.10 Å². The highest BCUT2D eigenvalue weighted by molar-refractivity contribution is 7.99. The van der Waals surface area contributed by atoms with E-state index in [0.29, 0.717) is 10.9 Å². The lowest BCUT2D eigenvalue weighted by atomic mass is 9.96. The number of nitrogens with zero attached hydrogens (tertiary/aromatic N) is 1. The minimum atomic E-state index is -3.62. The van der Waals surface area contributed by atoms with Gasteiger partial charge in [0.25, 0.3) is 0 Å². The Morgan fingerprint density at radius 1 is 1.40 bits per heavy atom. The molecule has 0 aliphatic heterocycles. The second-order valence-corrected chi connectivity index (χ2v) is 7.90. The molecule has 0 bridgehead atoms. The van der Waals surface area contributed by atoms with Crippen LogP contribution in [-0.4, -0.2) is 41.3 Å². The van der Waals surface area contributed by atoms with Crippen LogP contribution in [0.2, 0.25) is 0 Å². The summed E-state index contributed by atoms with van der Waals surface area (Å²) < 4.78 is 27.6. The molecule has 0 radical (unpaired) electrons. The highest BCUT2D eigenvalue weighted by atomic mass is 32.2. The molecule has 1 aliphatic rings. The van der Waals surface area contributed by atoms with E-state index in [0.717, 1.165) is 25.7 Å². The van der Waals surface area contributed by atoms with Crippen molar-refractivity contribution in [1.82, 2.24) is 14.9 Å². The van der Waals surface area contributed by atoms with Gasteiger partial charge in [0.05, 0.1) is 12.3 Å². The molecule has 0 amide bonds. The summed E-state index contributed by atoms with van der Waals surface area (Å²) in [6, 6.07) is -0.0238. The maximum Gasteiger partial charge on any atom is 0.244 e. The SMILES string of the molecule is CSC1CCC(NS(=O)(=O)c2c(CO)n[nH]c2C)CC1. The Bertz CT molecular complexity index is 548. The number of thioether (sulfide) groups is 1. The monoisotopic (exact) mass is 319 g/mol. The van der Waals surface area contributed by atoms with Gasteiger partial charge in [-0.15, -0.1) is 0 Å². The maximum absolute atomic E-state index is 12.4. The van der Waals surface area contributed by atoms with Crippen molar-refractivity contribution in [3.8, 4) is 0 Å².